The first kappa shape index (κ1) is 9.02. The van der Waals surface area contributed by atoms with E-state index in [1.54, 1.807) is 0 Å². The molecule has 4 nitrogen and oxygen atoms in total. The van der Waals surface area contributed by atoms with E-state index in [0.717, 1.165) is 16.9 Å². The first-order valence-electron chi connectivity index (χ1n) is 4.55. The molecule has 1 aliphatic rings. The second-order valence-electron chi connectivity index (χ2n) is 3.42. The van der Waals surface area contributed by atoms with Crippen LogP contribution in [0.4, 0.5) is 11.4 Å². The Hall–Kier alpha value is -1.55. The number of carbonyl (C=O) groups excluding carboxylic acids is 1. The molecule has 1 amide bonds. The Balaban J connectivity index is 2.52. The predicted octanol–water partition coefficient (Wildman–Crippen LogP) is 0.534. The van der Waals surface area contributed by atoms with Crippen LogP contribution in [0.25, 0.3) is 0 Å². The number of nitrogens with one attached hydrogen (secondary N) is 1. The van der Waals surface area contributed by atoms with E-state index in [2.05, 4.69) is 5.32 Å². The maximum atomic E-state index is 11.3. The number of hydrogen-bond donors (Lipinski definition) is 2. The normalized spacial score (nSPS) is 15.0. The van der Waals surface area contributed by atoms with Crippen molar-refractivity contribution in [3.8, 4) is 0 Å². The monoisotopic (exact) mass is 191 g/mol. The average Bonchev–Trinajstić information content (AvgIpc) is 2.17. The summed E-state index contributed by atoms with van der Waals surface area (Å²) in [6.45, 7) is 0.846. The maximum Gasteiger partial charge on any atom is 0.243 e. The van der Waals surface area contributed by atoms with E-state index in [9.17, 15) is 4.79 Å². The van der Waals surface area contributed by atoms with E-state index < -0.39 is 0 Å². The molecule has 1 heterocycles. The maximum absolute atomic E-state index is 11.3. The van der Waals surface area contributed by atoms with E-state index in [4.69, 9.17) is 5.73 Å². The first-order valence-corrected chi connectivity index (χ1v) is 4.55. The molecule has 0 bridgehead atoms. The van der Waals surface area contributed by atoms with Gasteiger partial charge in [-0.2, -0.15) is 0 Å². The molecule has 4 heteroatoms. The van der Waals surface area contributed by atoms with Gasteiger partial charge >= 0.3 is 0 Å². The second kappa shape index (κ2) is 3.31. The lowest BCUT2D eigenvalue weighted by Gasteiger charge is -2.28. The Bertz CT molecular complexity index is 376. The molecule has 0 atom stereocenters. The summed E-state index contributed by atoms with van der Waals surface area (Å²) >= 11 is 0. The Morgan fingerprint density at radius 2 is 2.36 bits per heavy atom. The molecule has 0 unspecified atom stereocenters. The van der Waals surface area contributed by atoms with Crippen molar-refractivity contribution >= 4 is 17.3 Å². The van der Waals surface area contributed by atoms with Crippen LogP contribution in [-0.4, -0.2) is 19.5 Å². The Labute approximate surface area is 82.7 Å². The van der Waals surface area contributed by atoms with Gasteiger partial charge in [0.1, 0.15) is 0 Å². The molecule has 1 aromatic rings. The van der Waals surface area contributed by atoms with Gasteiger partial charge in [0.15, 0.2) is 0 Å². The highest BCUT2D eigenvalue weighted by molar-refractivity contribution is 6.01. The van der Waals surface area contributed by atoms with Gasteiger partial charge < -0.3 is 16.0 Å². The van der Waals surface area contributed by atoms with Crippen LogP contribution in [0.1, 0.15) is 5.56 Å². The lowest BCUT2D eigenvalue weighted by molar-refractivity contribution is -0.115. The molecule has 0 aliphatic carbocycles. The fourth-order valence-electron chi connectivity index (χ4n) is 1.70. The summed E-state index contributed by atoms with van der Waals surface area (Å²) in [5, 5.41) is 2.85. The number of hydrogen-bond acceptors (Lipinski definition) is 3. The average molecular weight is 191 g/mol. The first-order chi connectivity index (χ1) is 6.72. The van der Waals surface area contributed by atoms with Gasteiger partial charge in [0, 0.05) is 13.6 Å². The van der Waals surface area contributed by atoms with Crippen LogP contribution in [0.3, 0.4) is 0 Å². The molecule has 0 aromatic heterocycles. The minimum Gasteiger partial charge on any atom is -0.364 e. The largest absolute Gasteiger partial charge is 0.364 e. The molecule has 0 radical (unpaired) electrons. The summed E-state index contributed by atoms with van der Waals surface area (Å²) in [6, 6.07) is 5.86. The summed E-state index contributed by atoms with van der Waals surface area (Å²) < 4.78 is 0. The van der Waals surface area contributed by atoms with Gasteiger partial charge in [0.25, 0.3) is 0 Å². The molecule has 14 heavy (non-hydrogen) atoms. The van der Waals surface area contributed by atoms with Crippen LogP contribution in [0.5, 0.6) is 0 Å². The van der Waals surface area contributed by atoms with Crippen molar-refractivity contribution < 1.29 is 4.79 Å². The van der Waals surface area contributed by atoms with E-state index in [-0.39, 0.29) is 5.91 Å². The molecule has 2 rings (SSSR count). The highest BCUT2D eigenvalue weighted by atomic mass is 16.2. The van der Waals surface area contributed by atoms with Gasteiger partial charge in [-0.15, -0.1) is 0 Å². The molecule has 3 N–H and O–H groups in total. The number of amides is 1. The zero-order chi connectivity index (χ0) is 10.1. The van der Waals surface area contributed by atoms with E-state index in [1.165, 1.54) is 0 Å². The molecule has 0 fully saturated rings. The molecule has 0 saturated heterocycles. The van der Waals surface area contributed by atoms with Gasteiger partial charge in [-0.25, -0.2) is 0 Å². The number of para-hydroxylation sites is 1. The second-order valence-corrected chi connectivity index (χ2v) is 3.42. The number of anilines is 2. The van der Waals surface area contributed by atoms with Crippen LogP contribution in [0.2, 0.25) is 0 Å². The van der Waals surface area contributed by atoms with Crippen molar-refractivity contribution in [3.63, 3.8) is 0 Å². The fourth-order valence-corrected chi connectivity index (χ4v) is 1.70. The minimum atomic E-state index is 0.0147. The van der Waals surface area contributed by atoms with Crippen molar-refractivity contribution in [1.82, 2.24) is 0 Å². The third-order valence-electron chi connectivity index (χ3n) is 2.41. The van der Waals surface area contributed by atoms with Crippen LogP contribution in [0.15, 0.2) is 18.2 Å². The number of nitrogens with two attached hydrogens (primary N) is 1. The van der Waals surface area contributed by atoms with Crippen LogP contribution in [0, 0.1) is 0 Å². The number of carbonyl (C=O) groups is 1. The lowest BCUT2D eigenvalue weighted by atomic mass is 10.1. The van der Waals surface area contributed by atoms with Crippen molar-refractivity contribution in [3.05, 3.63) is 23.8 Å². The van der Waals surface area contributed by atoms with Crippen LogP contribution < -0.4 is 16.0 Å². The molecular formula is C10H13N3O. The quantitative estimate of drug-likeness (QED) is 0.681. The Morgan fingerprint density at radius 3 is 3.07 bits per heavy atom. The van der Waals surface area contributed by atoms with Gasteiger partial charge in [-0.05, 0) is 11.6 Å². The highest BCUT2D eigenvalue weighted by Crippen LogP contribution is 2.31. The summed E-state index contributed by atoms with van der Waals surface area (Å²) in [5.41, 5.74) is 8.46. The van der Waals surface area contributed by atoms with Crippen molar-refractivity contribution in [1.29, 1.82) is 0 Å². The number of rotatable bonds is 1. The lowest BCUT2D eigenvalue weighted by Crippen LogP contribution is -2.36. The summed E-state index contributed by atoms with van der Waals surface area (Å²) in [6.07, 6.45) is 0. The van der Waals surface area contributed by atoms with Gasteiger partial charge in [-0.3, -0.25) is 4.79 Å². The smallest absolute Gasteiger partial charge is 0.243 e. The third kappa shape index (κ3) is 1.33. The van der Waals surface area contributed by atoms with Crippen molar-refractivity contribution in [2.45, 2.75) is 6.54 Å². The SMILES string of the molecule is CN1CC(=O)Nc2c(CN)cccc21. The molecule has 0 spiro atoms. The molecule has 0 saturated carbocycles. The molecule has 74 valence electrons. The van der Waals surface area contributed by atoms with Crippen molar-refractivity contribution in [2.24, 2.45) is 5.73 Å². The zero-order valence-electron chi connectivity index (χ0n) is 8.08. The zero-order valence-corrected chi connectivity index (χ0v) is 8.08. The molecular weight excluding hydrogens is 178 g/mol. The minimum absolute atomic E-state index is 0.0147. The Kier molecular flexibility index (Phi) is 2.13. The van der Waals surface area contributed by atoms with Crippen LogP contribution >= 0.6 is 0 Å². The third-order valence-corrected chi connectivity index (χ3v) is 2.41. The summed E-state index contributed by atoms with van der Waals surface area (Å²) in [7, 11) is 1.90. The number of nitrogens with zero attached hydrogens (tertiary/aromatic N) is 1. The van der Waals surface area contributed by atoms with E-state index in [0.29, 0.717) is 13.1 Å². The summed E-state index contributed by atoms with van der Waals surface area (Å²) in [4.78, 5) is 13.2. The van der Waals surface area contributed by atoms with Crippen molar-refractivity contribution in [2.75, 3.05) is 23.8 Å². The highest BCUT2D eigenvalue weighted by Gasteiger charge is 2.20. The van der Waals surface area contributed by atoms with Crippen LogP contribution in [-0.2, 0) is 11.3 Å². The number of benzene rings is 1. The van der Waals surface area contributed by atoms with Gasteiger partial charge in [0.05, 0.1) is 17.9 Å². The van der Waals surface area contributed by atoms with E-state index in [1.807, 2.05) is 30.1 Å². The molecule has 1 aromatic carbocycles. The standard InChI is InChI=1S/C10H13N3O/c1-13-6-9(14)12-10-7(5-11)3-2-4-8(10)13/h2-4H,5-6,11H2,1H3,(H,12,14). The van der Waals surface area contributed by atoms with E-state index >= 15 is 0 Å². The van der Waals surface area contributed by atoms with Gasteiger partial charge in [0.2, 0.25) is 5.91 Å². The Morgan fingerprint density at radius 1 is 1.57 bits per heavy atom. The predicted molar refractivity (Wildman–Crippen MR) is 56.2 cm³/mol. The number of likely N-dealkylation sites (N-methyl/N-ethyl adjacent to an activating group) is 1. The summed E-state index contributed by atoms with van der Waals surface area (Å²) in [5.74, 6) is 0.0147. The number of fused-ring (bicyclic) bond motifs is 1. The molecule has 1 aliphatic heterocycles. The topological polar surface area (TPSA) is 58.4 Å². The van der Waals surface area contributed by atoms with Gasteiger partial charge in [-0.1, -0.05) is 12.1 Å². The fraction of sp³-hybridized carbons (Fsp3) is 0.300.